The minimum Gasteiger partial charge on any atom is -0.366 e. The number of likely N-dealkylation sites (tertiary alicyclic amines) is 1. The van der Waals surface area contributed by atoms with Gasteiger partial charge < -0.3 is 11.1 Å². The number of benzene rings is 2. The molecule has 0 aliphatic carbocycles. The Labute approximate surface area is 230 Å². The van der Waals surface area contributed by atoms with Crippen molar-refractivity contribution in [2.45, 2.75) is 50.1 Å². The number of halogens is 2. The maximum Gasteiger partial charge on any atom is 0.257 e. The molecule has 13 heteroatoms. The van der Waals surface area contributed by atoms with Gasteiger partial charge in [-0.2, -0.15) is 9.40 Å². The summed E-state index contributed by atoms with van der Waals surface area (Å²) in [6, 6.07) is 7.05. The molecule has 40 heavy (non-hydrogen) atoms. The van der Waals surface area contributed by atoms with Gasteiger partial charge in [-0.25, -0.2) is 17.2 Å². The topological polar surface area (TPSA) is 141 Å². The molecule has 0 spiro atoms. The number of hydrogen-bond acceptors (Lipinski definition) is 6. The Kier molecular flexibility index (Phi) is 7.23. The number of carbonyl (C=O) groups is 2. The van der Waals surface area contributed by atoms with Gasteiger partial charge in [-0.15, -0.1) is 0 Å². The van der Waals surface area contributed by atoms with Crippen molar-refractivity contribution >= 4 is 27.7 Å². The normalized spacial score (nSPS) is 17.5. The van der Waals surface area contributed by atoms with Crippen molar-refractivity contribution < 1.29 is 26.8 Å². The lowest BCUT2D eigenvalue weighted by atomic mass is 9.84. The molecule has 212 valence electrons. The lowest BCUT2D eigenvalue weighted by molar-refractivity contribution is 0.0976. The standard InChI is InChI=1S/C27H30F2N6O4S/c1-27(2)15-35(40(38,39)19-11-17(28)10-18(29)12-19)14-22-23(27)32-33-25(22)31-26(37)20-6-5-16(9-21(20)24(30)36)13-34-7-3-4-8-34/h5-6,9-12H,3-4,7-8,13-15H2,1-2H3,(H2,30,36)(H2,31,32,33,37). The Morgan fingerprint density at radius 2 is 1.75 bits per heavy atom. The Morgan fingerprint density at radius 1 is 1.07 bits per heavy atom. The van der Waals surface area contributed by atoms with E-state index >= 15 is 0 Å². The molecule has 2 aliphatic rings. The van der Waals surface area contributed by atoms with Gasteiger partial charge >= 0.3 is 0 Å². The van der Waals surface area contributed by atoms with Crippen LogP contribution in [0.4, 0.5) is 14.6 Å². The smallest absolute Gasteiger partial charge is 0.257 e. The molecule has 3 aromatic rings. The minimum absolute atomic E-state index is 0.000346. The zero-order valence-corrected chi connectivity index (χ0v) is 22.9. The Bertz CT molecular complexity index is 1580. The van der Waals surface area contributed by atoms with Crippen LogP contribution in [-0.4, -0.2) is 59.3 Å². The predicted octanol–water partition coefficient (Wildman–Crippen LogP) is 3.12. The minimum atomic E-state index is -4.30. The number of H-pyrrole nitrogens is 1. The molecule has 4 N–H and O–H groups in total. The van der Waals surface area contributed by atoms with Crippen LogP contribution in [0.3, 0.4) is 0 Å². The fourth-order valence-corrected chi connectivity index (χ4v) is 7.01. The van der Waals surface area contributed by atoms with E-state index in [0.717, 1.165) is 47.9 Å². The molecular formula is C27H30F2N6O4S. The van der Waals surface area contributed by atoms with E-state index in [1.54, 1.807) is 32.0 Å². The SMILES string of the molecule is CC1(C)CN(S(=O)(=O)c2cc(F)cc(F)c2)Cc2c(NC(=O)c3ccc(CN4CCCC4)cc3C(N)=O)n[nH]c21. The lowest BCUT2D eigenvalue weighted by Crippen LogP contribution is -2.45. The quantitative estimate of drug-likeness (QED) is 0.397. The molecule has 0 radical (unpaired) electrons. The third-order valence-electron chi connectivity index (χ3n) is 7.35. The van der Waals surface area contributed by atoms with Crippen LogP contribution in [0.5, 0.6) is 0 Å². The fraction of sp³-hybridized carbons (Fsp3) is 0.370. The second-order valence-electron chi connectivity index (χ2n) is 10.9. The average molecular weight is 573 g/mol. The number of fused-ring (bicyclic) bond motifs is 1. The molecule has 2 amide bonds. The second kappa shape index (κ2) is 10.4. The van der Waals surface area contributed by atoms with Crippen LogP contribution in [-0.2, 0) is 28.5 Å². The third kappa shape index (κ3) is 5.36. The van der Waals surface area contributed by atoms with E-state index in [1.807, 2.05) is 0 Å². The number of aromatic amines is 1. The molecule has 0 unspecified atom stereocenters. The molecule has 10 nitrogen and oxygen atoms in total. The maximum atomic E-state index is 13.8. The van der Waals surface area contributed by atoms with Crippen LogP contribution in [0.1, 0.15) is 64.2 Å². The highest BCUT2D eigenvalue weighted by Gasteiger charge is 2.41. The molecule has 1 saturated heterocycles. The van der Waals surface area contributed by atoms with Gasteiger partial charge in [-0.05, 0) is 55.8 Å². The average Bonchev–Trinajstić information content (AvgIpc) is 3.53. The highest BCUT2D eigenvalue weighted by Crippen LogP contribution is 2.38. The molecule has 0 saturated carbocycles. The summed E-state index contributed by atoms with van der Waals surface area (Å²) in [6.45, 7) is 5.94. The van der Waals surface area contributed by atoms with Crippen LogP contribution < -0.4 is 11.1 Å². The van der Waals surface area contributed by atoms with Crippen LogP contribution in [0.2, 0.25) is 0 Å². The van der Waals surface area contributed by atoms with E-state index in [-0.39, 0.29) is 30.0 Å². The summed E-state index contributed by atoms with van der Waals surface area (Å²) in [5.74, 6) is -3.33. The van der Waals surface area contributed by atoms with E-state index < -0.39 is 43.8 Å². The molecule has 2 aliphatic heterocycles. The first kappa shape index (κ1) is 27.9. The summed E-state index contributed by atoms with van der Waals surface area (Å²) >= 11 is 0. The lowest BCUT2D eigenvalue weighted by Gasteiger charge is -2.36. The number of sulfonamides is 1. The summed E-state index contributed by atoms with van der Waals surface area (Å²) in [5, 5.41) is 9.78. The number of hydrogen-bond donors (Lipinski definition) is 3. The van der Waals surface area contributed by atoms with E-state index in [2.05, 4.69) is 20.4 Å². The summed E-state index contributed by atoms with van der Waals surface area (Å²) in [5.41, 5.74) is 6.82. The first-order valence-electron chi connectivity index (χ1n) is 12.9. The number of aromatic nitrogens is 2. The Balaban J connectivity index is 1.43. The molecule has 1 fully saturated rings. The highest BCUT2D eigenvalue weighted by molar-refractivity contribution is 7.89. The van der Waals surface area contributed by atoms with Gasteiger partial charge in [0.25, 0.3) is 5.91 Å². The molecule has 3 heterocycles. The maximum absolute atomic E-state index is 13.8. The van der Waals surface area contributed by atoms with Gasteiger partial charge in [-0.3, -0.25) is 19.6 Å². The zero-order chi connectivity index (χ0) is 28.8. The van der Waals surface area contributed by atoms with Gasteiger partial charge in [0.15, 0.2) is 5.82 Å². The van der Waals surface area contributed by atoms with Gasteiger partial charge in [0.05, 0.1) is 16.0 Å². The third-order valence-corrected chi connectivity index (χ3v) is 9.12. The van der Waals surface area contributed by atoms with Crippen LogP contribution in [0.25, 0.3) is 0 Å². The van der Waals surface area contributed by atoms with E-state index in [1.165, 1.54) is 0 Å². The summed E-state index contributed by atoms with van der Waals surface area (Å²) < 4.78 is 55.5. The second-order valence-corrected chi connectivity index (χ2v) is 12.8. The molecule has 0 bridgehead atoms. The fourth-order valence-electron chi connectivity index (χ4n) is 5.40. The van der Waals surface area contributed by atoms with Crippen molar-refractivity contribution in [1.29, 1.82) is 0 Å². The van der Waals surface area contributed by atoms with Crippen LogP contribution >= 0.6 is 0 Å². The van der Waals surface area contributed by atoms with Crippen molar-refractivity contribution in [3.63, 3.8) is 0 Å². The Morgan fingerprint density at radius 3 is 2.40 bits per heavy atom. The van der Waals surface area contributed by atoms with Gasteiger partial charge in [0.1, 0.15) is 11.6 Å². The zero-order valence-electron chi connectivity index (χ0n) is 22.1. The number of nitrogens with one attached hydrogen (secondary N) is 2. The number of anilines is 1. The number of nitrogens with two attached hydrogens (primary N) is 1. The molecule has 5 rings (SSSR count). The van der Waals surface area contributed by atoms with E-state index in [0.29, 0.717) is 23.9 Å². The first-order chi connectivity index (χ1) is 18.8. The van der Waals surface area contributed by atoms with E-state index in [4.69, 9.17) is 5.73 Å². The van der Waals surface area contributed by atoms with Crippen molar-refractivity contribution in [1.82, 2.24) is 19.4 Å². The Hall–Kier alpha value is -3.68. The van der Waals surface area contributed by atoms with Crippen LogP contribution in [0.15, 0.2) is 41.3 Å². The van der Waals surface area contributed by atoms with Crippen molar-refractivity contribution in [3.8, 4) is 0 Å². The number of primary amides is 1. The van der Waals surface area contributed by atoms with E-state index in [9.17, 15) is 26.8 Å². The van der Waals surface area contributed by atoms with Gasteiger partial charge in [0, 0.05) is 42.4 Å². The van der Waals surface area contributed by atoms with Gasteiger partial charge in [0.2, 0.25) is 15.9 Å². The largest absolute Gasteiger partial charge is 0.366 e. The monoisotopic (exact) mass is 572 g/mol. The highest BCUT2D eigenvalue weighted by atomic mass is 32.2. The number of rotatable bonds is 7. The molecule has 2 aromatic carbocycles. The number of carbonyl (C=O) groups excluding carboxylic acids is 2. The predicted molar refractivity (Wildman–Crippen MR) is 143 cm³/mol. The van der Waals surface area contributed by atoms with Crippen molar-refractivity contribution in [2.24, 2.45) is 5.73 Å². The molecule has 0 atom stereocenters. The molecular weight excluding hydrogens is 542 g/mol. The van der Waals surface area contributed by atoms with Gasteiger partial charge in [-0.1, -0.05) is 19.9 Å². The van der Waals surface area contributed by atoms with Crippen LogP contribution in [0, 0.1) is 11.6 Å². The summed E-state index contributed by atoms with van der Waals surface area (Å²) in [4.78, 5) is 27.3. The van der Waals surface area contributed by atoms with Crippen molar-refractivity contribution in [3.05, 3.63) is 76.0 Å². The van der Waals surface area contributed by atoms with Crippen molar-refractivity contribution in [2.75, 3.05) is 25.0 Å². The summed E-state index contributed by atoms with van der Waals surface area (Å²) in [6.07, 6.45) is 2.23. The first-order valence-corrected chi connectivity index (χ1v) is 14.3. The number of amides is 2. The number of nitrogens with zero attached hydrogens (tertiary/aromatic N) is 3. The molecule has 1 aromatic heterocycles. The summed E-state index contributed by atoms with van der Waals surface area (Å²) in [7, 11) is -4.30.